The van der Waals surface area contributed by atoms with E-state index in [2.05, 4.69) is 42.5 Å². The molecule has 92 valence electrons. The first-order chi connectivity index (χ1) is 8.06. The van der Waals surface area contributed by atoms with E-state index in [0.717, 1.165) is 21.8 Å². The van der Waals surface area contributed by atoms with E-state index in [-0.39, 0.29) is 6.03 Å². The smallest absolute Gasteiger partial charge is 0.319 e. The van der Waals surface area contributed by atoms with Crippen LogP contribution in [0.4, 0.5) is 16.2 Å². The molecule has 0 aliphatic heterocycles. The topological polar surface area (TPSA) is 67.1 Å². The van der Waals surface area contributed by atoms with E-state index in [1.807, 2.05) is 6.07 Å². The van der Waals surface area contributed by atoms with Gasteiger partial charge in [0.2, 0.25) is 0 Å². The SMILES string of the molecule is Nc1cc(Br)cc(Br)c1NC(=O)NC1CCC1. The van der Waals surface area contributed by atoms with E-state index in [0.29, 0.717) is 17.4 Å². The molecule has 0 radical (unpaired) electrons. The van der Waals surface area contributed by atoms with Gasteiger partial charge in [0.25, 0.3) is 0 Å². The number of carbonyl (C=O) groups excluding carboxylic acids is 1. The number of nitrogens with two attached hydrogens (primary N) is 1. The van der Waals surface area contributed by atoms with Crippen molar-refractivity contribution in [1.82, 2.24) is 5.32 Å². The Morgan fingerprint density at radius 3 is 2.59 bits per heavy atom. The minimum atomic E-state index is -0.204. The molecule has 0 atom stereocenters. The number of nitrogen functional groups attached to an aromatic ring is 1. The van der Waals surface area contributed by atoms with Crippen LogP contribution in [0, 0.1) is 0 Å². The lowest BCUT2D eigenvalue weighted by Gasteiger charge is -2.26. The molecule has 0 saturated heterocycles. The van der Waals surface area contributed by atoms with Crippen LogP contribution >= 0.6 is 31.9 Å². The fourth-order valence-electron chi connectivity index (χ4n) is 1.61. The van der Waals surface area contributed by atoms with Crippen molar-refractivity contribution < 1.29 is 4.79 Å². The maximum Gasteiger partial charge on any atom is 0.319 e. The van der Waals surface area contributed by atoms with E-state index in [9.17, 15) is 4.79 Å². The van der Waals surface area contributed by atoms with Gasteiger partial charge >= 0.3 is 6.03 Å². The molecule has 2 amide bonds. The van der Waals surface area contributed by atoms with Crippen LogP contribution in [-0.2, 0) is 0 Å². The van der Waals surface area contributed by atoms with Gasteiger partial charge in [-0.05, 0) is 47.3 Å². The molecule has 1 aromatic carbocycles. The molecule has 0 bridgehead atoms. The molecule has 4 N–H and O–H groups in total. The van der Waals surface area contributed by atoms with Crippen LogP contribution in [0.5, 0.6) is 0 Å². The highest BCUT2D eigenvalue weighted by atomic mass is 79.9. The average Bonchev–Trinajstić information content (AvgIpc) is 2.17. The van der Waals surface area contributed by atoms with Crippen molar-refractivity contribution in [2.75, 3.05) is 11.1 Å². The molecule has 4 nitrogen and oxygen atoms in total. The number of urea groups is 1. The van der Waals surface area contributed by atoms with Crippen LogP contribution in [0.1, 0.15) is 19.3 Å². The van der Waals surface area contributed by atoms with Crippen LogP contribution in [0.25, 0.3) is 0 Å². The first-order valence-corrected chi connectivity index (χ1v) is 6.97. The van der Waals surface area contributed by atoms with Gasteiger partial charge in [-0.25, -0.2) is 4.79 Å². The third kappa shape index (κ3) is 3.13. The van der Waals surface area contributed by atoms with Gasteiger partial charge in [-0.2, -0.15) is 0 Å². The Bertz CT molecular complexity index is 423. The summed E-state index contributed by atoms with van der Waals surface area (Å²) in [6.07, 6.45) is 3.31. The van der Waals surface area contributed by atoms with Crippen molar-refractivity contribution in [1.29, 1.82) is 0 Å². The zero-order valence-corrected chi connectivity index (χ0v) is 12.3. The van der Waals surface area contributed by atoms with Crippen molar-refractivity contribution in [3.63, 3.8) is 0 Å². The third-order valence-corrected chi connectivity index (χ3v) is 3.85. The predicted octanol–water partition coefficient (Wildman–Crippen LogP) is 3.47. The summed E-state index contributed by atoms with van der Waals surface area (Å²) in [4.78, 5) is 11.7. The Kier molecular flexibility index (Phi) is 3.93. The molecule has 6 heteroatoms. The lowest BCUT2D eigenvalue weighted by Crippen LogP contribution is -2.42. The Labute approximate surface area is 117 Å². The molecular formula is C11H13Br2N3O. The molecule has 2 rings (SSSR count). The molecule has 0 unspecified atom stereocenters. The van der Waals surface area contributed by atoms with E-state index < -0.39 is 0 Å². The molecule has 1 aliphatic carbocycles. The number of anilines is 2. The maximum atomic E-state index is 11.7. The Hall–Kier alpha value is -0.750. The zero-order valence-electron chi connectivity index (χ0n) is 9.09. The van der Waals surface area contributed by atoms with Crippen LogP contribution < -0.4 is 16.4 Å². The monoisotopic (exact) mass is 361 g/mol. The van der Waals surface area contributed by atoms with Crippen molar-refractivity contribution in [3.8, 4) is 0 Å². The van der Waals surface area contributed by atoms with Gasteiger partial charge in [0.1, 0.15) is 0 Å². The number of hydrogen-bond donors (Lipinski definition) is 3. The summed E-state index contributed by atoms with van der Waals surface area (Å²) in [7, 11) is 0. The highest BCUT2D eigenvalue weighted by Crippen LogP contribution is 2.32. The summed E-state index contributed by atoms with van der Waals surface area (Å²) in [5, 5.41) is 5.66. The van der Waals surface area contributed by atoms with Crippen molar-refractivity contribution >= 4 is 49.3 Å². The average molecular weight is 363 g/mol. The van der Waals surface area contributed by atoms with Gasteiger partial charge in [-0.3, -0.25) is 0 Å². The first kappa shape index (κ1) is 12.7. The van der Waals surface area contributed by atoms with Gasteiger partial charge < -0.3 is 16.4 Å². The van der Waals surface area contributed by atoms with Gasteiger partial charge in [0.05, 0.1) is 11.4 Å². The van der Waals surface area contributed by atoms with Crippen LogP contribution in [0.15, 0.2) is 21.1 Å². The van der Waals surface area contributed by atoms with Crippen LogP contribution in [0.2, 0.25) is 0 Å². The summed E-state index contributed by atoms with van der Waals surface area (Å²) in [6.45, 7) is 0. The number of rotatable bonds is 2. The van der Waals surface area contributed by atoms with E-state index >= 15 is 0 Å². The zero-order chi connectivity index (χ0) is 12.4. The Morgan fingerprint density at radius 1 is 1.35 bits per heavy atom. The number of carbonyl (C=O) groups is 1. The van der Waals surface area contributed by atoms with E-state index in [4.69, 9.17) is 5.73 Å². The van der Waals surface area contributed by atoms with Crippen molar-refractivity contribution in [2.45, 2.75) is 25.3 Å². The summed E-state index contributed by atoms with van der Waals surface area (Å²) >= 11 is 6.71. The predicted molar refractivity (Wildman–Crippen MR) is 76.0 cm³/mol. The number of nitrogens with one attached hydrogen (secondary N) is 2. The van der Waals surface area contributed by atoms with Crippen LogP contribution in [0.3, 0.4) is 0 Å². The summed E-state index contributed by atoms with van der Waals surface area (Å²) in [5.74, 6) is 0. The van der Waals surface area contributed by atoms with Gasteiger partial charge in [0, 0.05) is 15.0 Å². The number of amides is 2. The fraction of sp³-hybridized carbons (Fsp3) is 0.364. The fourth-order valence-corrected chi connectivity index (χ4v) is 2.97. The Morgan fingerprint density at radius 2 is 2.06 bits per heavy atom. The minimum absolute atomic E-state index is 0.204. The van der Waals surface area contributed by atoms with Crippen molar-refractivity contribution in [3.05, 3.63) is 21.1 Å². The number of hydrogen-bond acceptors (Lipinski definition) is 2. The quantitative estimate of drug-likeness (QED) is 0.705. The van der Waals surface area contributed by atoms with Crippen LogP contribution in [-0.4, -0.2) is 12.1 Å². The lowest BCUT2D eigenvalue weighted by molar-refractivity contribution is 0.240. The standard InChI is InChI=1S/C11H13Br2N3O/c12-6-4-8(13)10(9(14)5-6)16-11(17)15-7-2-1-3-7/h4-5,7H,1-3,14H2,(H2,15,16,17). The summed E-state index contributed by atoms with van der Waals surface area (Å²) in [6, 6.07) is 3.70. The van der Waals surface area contributed by atoms with Gasteiger partial charge in [-0.1, -0.05) is 15.9 Å². The van der Waals surface area contributed by atoms with Gasteiger partial charge in [0.15, 0.2) is 0 Å². The summed E-state index contributed by atoms with van der Waals surface area (Å²) in [5.41, 5.74) is 6.97. The van der Waals surface area contributed by atoms with Gasteiger partial charge in [-0.15, -0.1) is 0 Å². The second kappa shape index (κ2) is 5.27. The number of benzene rings is 1. The minimum Gasteiger partial charge on any atom is -0.397 e. The molecule has 0 heterocycles. The summed E-state index contributed by atoms with van der Waals surface area (Å²) < 4.78 is 1.62. The molecule has 1 saturated carbocycles. The van der Waals surface area contributed by atoms with Crippen molar-refractivity contribution in [2.24, 2.45) is 0 Å². The molecule has 17 heavy (non-hydrogen) atoms. The molecule has 1 aromatic rings. The van der Waals surface area contributed by atoms with E-state index in [1.54, 1.807) is 6.07 Å². The largest absolute Gasteiger partial charge is 0.397 e. The molecule has 1 fully saturated rings. The highest BCUT2D eigenvalue weighted by molar-refractivity contribution is 9.11. The molecule has 0 spiro atoms. The highest BCUT2D eigenvalue weighted by Gasteiger charge is 2.20. The second-order valence-electron chi connectivity index (χ2n) is 4.08. The maximum absolute atomic E-state index is 11.7. The Balaban J connectivity index is 2.04. The second-order valence-corrected chi connectivity index (χ2v) is 5.85. The molecular weight excluding hydrogens is 350 g/mol. The first-order valence-electron chi connectivity index (χ1n) is 5.38. The number of halogens is 2. The third-order valence-electron chi connectivity index (χ3n) is 2.76. The lowest BCUT2D eigenvalue weighted by atomic mass is 9.93. The molecule has 0 aromatic heterocycles. The van der Waals surface area contributed by atoms with E-state index in [1.165, 1.54) is 6.42 Å². The normalized spacial score (nSPS) is 15.2. The molecule has 1 aliphatic rings.